The van der Waals surface area contributed by atoms with Crippen molar-refractivity contribution in [1.82, 2.24) is 14.8 Å². The summed E-state index contributed by atoms with van der Waals surface area (Å²) in [5, 5.41) is 6.87. The van der Waals surface area contributed by atoms with Crippen LogP contribution >= 0.6 is 11.6 Å². The molecule has 1 unspecified atom stereocenters. The zero-order chi connectivity index (χ0) is 13.8. The third kappa shape index (κ3) is 3.32. The van der Waals surface area contributed by atoms with Gasteiger partial charge in [-0.3, -0.25) is 9.69 Å². The molecule has 1 amide bonds. The van der Waals surface area contributed by atoms with E-state index in [0.29, 0.717) is 6.67 Å². The summed E-state index contributed by atoms with van der Waals surface area (Å²) in [7, 11) is 0. The van der Waals surface area contributed by atoms with Crippen LogP contribution < -0.4 is 4.90 Å². The van der Waals surface area contributed by atoms with E-state index < -0.39 is 5.38 Å². The molecule has 0 aliphatic carbocycles. The van der Waals surface area contributed by atoms with Gasteiger partial charge in [0.15, 0.2) is 0 Å². The second-order valence-corrected chi connectivity index (χ2v) is 4.99. The van der Waals surface area contributed by atoms with Gasteiger partial charge in [0.25, 0.3) is 0 Å². The summed E-state index contributed by atoms with van der Waals surface area (Å²) in [5.74, 6) is -0.154. The number of aromatic nitrogens is 3. The van der Waals surface area contributed by atoms with Crippen LogP contribution in [0.5, 0.6) is 0 Å². The summed E-state index contributed by atoms with van der Waals surface area (Å²) in [4.78, 5) is 13.8. The Kier molecular flexibility index (Phi) is 4.16. The van der Waals surface area contributed by atoms with Crippen molar-refractivity contribution >= 4 is 23.2 Å². The van der Waals surface area contributed by atoms with Gasteiger partial charge in [-0.2, -0.15) is 0 Å². The number of halogens is 1. The van der Waals surface area contributed by atoms with Gasteiger partial charge in [-0.15, -0.1) is 21.8 Å². The lowest BCUT2D eigenvalue weighted by Crippen LogP contribution is -2.37. The van der Waals surface area contributed by atoms with Gasteiger partial charge in [-0.05, 0) is 26.0 Å². The van der Waals surface area contributed by atoms with Gasteiger partial charge < -0.3 is 4.57 Å². The van der Waals surface area contributed by atoms with Gasteiger partial charge in [0, 0.05) is 5.69 Å². The lowest BCUT2D eigenvalue weighted by atomic mass is 10.2. The summed E-state index contributed by atoms with van der Waals surface area (Å²) in [6.45, 7) is 4.00. The second-order valence-electron chi connectivity index (χ2n) is 4.34. The van der Waals surface area contributed by atoms with E-state index in [-0.39, 0.29) is 5.91 Å². The number of anilines is 1. The molecule has 0 saturated carbocycles. The molecule has 0 aliphatic rings. The summed E-state index contributed by atoms with van der Waals surface area (Å²) in [6.07, 6.45) is 3.13. The predicted octanol–water partition coefficient (Wildman–Crippen LogP) is 2.20. The Morgan fingerprint density at radius 2 is 1.89 bits per heavy atom. The van der Waals surface area contributed by atoms with Gasteiger partial charge >= 0.3 is 0 Å². The van der Waals surface area contributed by atoms with Crippen molar-refractivity contribution in [3.63, 3.8) is 0 Å². The van der Waals surface area contributed by atoms with Gasteiger partial charge in [-0.25, -0.2) is 0 Å². The number of rotatable bonds is 4. The molecule has 0 bridgehead atoms. The maximum absolute atomic E-state index is 12.2. The van der Waals surface area contributed by atoms with Crippen molar-refractivity contribution in [2.45, 2.75) is 25.9 Å². The van der Waals surface area contributed by atoms with Crippen molar-refractivity contribution in [3.8, 4) is 0 Å². The average Bonchev–Trinajstić information content (AvgIpc) is 2.89. The molecule has 1 aromatic heterocycles. The van der Waals surface area contributed by atoms with E-state index in [1.807, 2.05) is 31.2 Å². The van der Waals surface area contributed by atoms with Crippen LogP contribution in [0, 0.1) is 6.92 Å². The highest BCUT2D eigenvalue weighted by molar-refractivity contribution is 6.32. The van der Waals surface area contributed by atoms with Crippen LogP contribution in [-0.2, 0) is 11.5 Å². The minimum atomic E-state index is -0.585. The monoisotopic (exact) mass is 278 g/mol. The fraction of sp³-hybridized carbons (Fsp3) is 0.308. The van der Waals surface area contributed by atoms with Gasteiger partial charge in [-0.1, -0.05) is 17.7 Å². The number of carbonyl (C=O) groups is 1. The molecule has 6 heteroatoms. The summed E-state index contributed by atoms with van der Waals surface area (Å²) in [5.41, 5.74) is 1.94. The number of hydrogen-bond donors (Lipinski definition) is 0. The molecule has 0 fully saturated rings. The standard InChI is InChI=1S/C13H15ClN4O/c1-10-3-5-12(6-4-10)18(13(19)11(2)14)9-17-7-15-16-8-17/h3-8,11H,9H2,1-2H3. The topological polar surface area (TPSA) is 51.0 Å². The van der Waals surface area contributed by atoms with Crippen molar-refractivity contribution in [1.29, 1.82) is 0 Å². The molecule has 0 aliphatic heterocycles. The zero-order valence-electron chi connectivity index (χ0n) is 10.8. The minimum Gasteiger partial charge on any atom is -0.301 e. The van der Waals surface area contributed by atoms with Crippen molar-refractivity contribution < 1.29 is 4.79 Å². The maximum atomic E-state index is 12.2. The van der Waals surface area contributed by atoms with Crippen LogP contribution in [0.4, 0.5) is 5.69 Å². The fourth-order valence-corrected chi connectivity index (χ4v) is 1.79. The fourth-order valence-electron chi connectivity index (χ4n) is 1.68. The predicted molar refractivity (Wildman–Crippen MR) is 74.0 cm³/mol. The smallest absolute Gasteiger partial charge is 0.246 e. The maximum Gasteiger partial charge on any atom is 0.246 e. The molecule has 1 heterocycles. The quantitative estimate of drug-likeness (QED) is 0.806. The van der Waals surface area contributed by atoms with Gasteiger partial charge in [0.05, 0.1) is 0 Å². The first-order valence-electron chi connectivity index (χ1n) is 5.92. The molecule has 5 nitrogen and oxygen atoms in total. The van der Waals surface area contributed by atoms with E-state index in [4.69, 9.17) is 11.6 Å². The molecule has 0 spiro atoms. The molecular weight excluding hydrogens is 264 g/mol. The van der Waals surface area contributed by atoms with Crippen LogP contribution in [0.1, 0.15) is 12.5 Å². The second kappa shape index (κ2) is 5.84. The molecule has 2 aromatic rings. The number of alkyl halides is 1. The largest absolute Gasteiger partial charge is 0.301 e. The zero-order valence-corrected chi connectivity index (χ0v) is 11.6. The molecule has 0 radical (unpaired) electrons. The molecule has 1 aromatic carbocycles. The third-order valence-electron chi connectivity index (χ3n) is 2.72. The molecule has 0 N–H and O–H groups in total. The summed E-state index contributed by atoms with van der Waals surface area (Å²) >= 11 is 5.91. The van der Waals surface area contributed by atoms with E-state index in [2.05, 4.69) is 10.2 Å². The Hall–Kier alpha value is -1.88. The number of amides is 1. The number of nitrogens with zero attached hydrogens (tertiary/aromatic N) is 4. The average molecular weight is 279 g/mol. The molecule has 100 valence electrons. The third-order valence-corrected chi connectivity index (χ3v) is 2.91. The SMILES string of the molecule is Cc1ccc(N(Cn2cnnc2)C(=O)C(C)Cl)cc1. The first-order valence-corrected chi connectivity index (χ1v) is 6.36. The lowest BCUT2D eigenvalue weighted by Gasteiger charge is -2.24. The molecule has 19 heavy (non-hydrogen) atoms. The summed E-state index contributed by atoms with van der Waals surface area (Å²) < 4.78 is 1.72. The number of carbonyl (C=O) groups excluding carboxylic acids is 1. The Morgan fingerprint density at radius 1 is 1.32 bits per heavy atom. The highest BCUT2D eigenvalue weighted by atomic mass is 35.5. The molecule has 1 atom stereocenters. The molecule has 2 rings (SSSR count). The van der Waals surface area contributed by atoms with E-state index >= 15 is 0 Å². The van der Waals surface area contributed by atoms with Crippen LogP contribution in [-0.4, -0.2) is 26.0 Å². The van der Waals surface area contributed by atoms with E-state index in [9.17, 15) is 4.79 Å². The van der Waals surface area contributed by atoms with E-state index in [1.165, 1.54) is 0 Å². The highest BCUT2D eigenvalue weighted by Crippen LogP contribution is 2.18. The Bertz CT molecular complexity index is 536. The highest BCUT2D eigenvalue weighted by Gasteiger charge is 2.20. The van der Waals surface area contributed by atoms with Crippen molar-refractivity contribution in [3.05, 3.63) is 42.5 Å². The van der Waals surface area contributed by atoms with Crippen LogP contribution in [0.3, 0.4) is 0 Å². The Morgan fingerprint density at radius 3 is 2.42 bits per heavy atom. The van der Waals surface area contributed by atoms with Crippen LogP contribution in [0.15, 0.2) is 36.9 Å². The van der Waals surface area contributed by atoms with Gasteiger partial charge in [0.1, 0.15) is 24.7 Å². The number of aryl methyl sites for hydroxylation is 1. The lowest BCUT2D eigenvalue weighted by molar-refractivity contribution is -0.118. The Balaban J connectivity index is 2.28. The molecular formula is C13H15ClN4O. The van der Waals surface area contributed by atoms with Crippen LogP contribution in [0.2, 0.25) is 0 Å². The van der Waals surface area contributed by atoms with Gasteiger partial charge in [0.2, 0.25) is 5.91 Å². The van der Waals surface area contributed by atoms with Crippen molar-refractivity contribution in [2.75, 3.05) is 4.90 Å². The van der Waals surface area contributed by atoms with E-state index in [0.717, 1.165) is 11.3 Å². The number of hydrogen-bond acceptors (Lipinski definition) is 3. The molecule has 0 saturated heterocycles. The van der Waals surface area contributed by atoms with Crippen molar-refractivity contribution in [2.24, 2.45) is 0 Å². The van der Waals surface area contributed by atoms with Crippen LogP contribution in [0.25, 0.3) is 0 Å². The first kappa shape index (κ1) is 13.5. The minimum absolute atomic E-state index is 0.154. The number of benzene rings is 1. The normalized spacial score (nSPS) is 12.2. The Labute approximate surface area is 116 Å². The first-order chi connectivity index (χ1) is 9.08. The van der Waals surface area contributed by atoms with E-state index in [1.54, 1.807) is 29.0 Å². The summed E-state index contributed by atoms with van der Waals surface area (Å²) in [6, 6.07) is 7.72.